The van der Waals surface area contributed by atoms with Crippen molar-refractivity contribution in [2.75, 3.05) is 6.54 Å². The highest BCUT2D eigenvalue weighted by molar-refractivity contribution is 5.79. The summed E-state index contributed by atoms with van der Waals surface area (Å²) in [6.07, 6.45) is 6.23. The molecule has 1 amide bonds. The van der Waals surface area contributed by atoms with Gasteiger partial charge in [0.05, 0.1) is 6.04 Å². The van der Waals surface area contributed by atoms with Crippen LogP contribution >= 0.6 is 0 Å². The van der Waals surface area contributed by atoms with Crippen molar-refractivity contribution in [3.05, 3.63) is 0 Å². The van der Waals surface area contributed by atoms with E-state index in [9.17, 15) is 4.79 Å². The van der Waals surface area contributed by atoms with Crippen LogP contribution < -0.4 is 16.8 Å². The van der Waals surface area contributed by atoms with Gasteiger partial charge in [0.15, 0.2) is 0 Å². The monoisotopic (exact) mass is 213 g/mol. The Morgan fingerprint density at radius 2 is 2.13 bits per heavy atom. The van der Waals surface area contributed by atoms with Crippen molar-refractivity contribution in [3.8, 4) is 0 Å². The molecule has 0 spiro atoms. The number of nitrogens with one attached hydrogen (secondary N) is 1. The van der Waals surface area contributed by atoms with Gasteiger partial charge in [-0.15, -0.1) is 0 Å². The van der Waals surface area contributed by atoms with Gasteiger partial charge in [0.2, 0.25) is 5.91 Å². The lowest BCUT2D eigenvalue weighted by Crippen LogP contribution is -2.46. The average Bonchev–Trinajstić information content (AvgIpc) is 2.39. The largest absolute Gasteiger partial charge is 0.368 e. The molecule has 1 aliphatic rings. The summed E-state index contributed by atoms with van der Waals surface area (Å²) in [6.45, 7) is 2.81. The van der Waals surface area contributed by atoms with Crippen LogP contribution in [0, 0.1) is 5.92 Å². The van der Waals surface area contributed by atoms with E-state index in [4.69, 9.17) is 11.5 Å². The van der Waals surface area contributed by atoms with E-state index in [1.165, 1.54) is 32.1 Å². The fourth-order valence-electron chi connectivity index (χ4n) is 2.09. The lowest BCUT2D eigenvalue weighted by Gasteiger charge is -2.18. The number of rotatable bonds is 4. The van der Waals surface area contributed by atoms with Crippen LogP contribution in [-0.4, -0.2) is 24.5 Å². The van der Waals surface area contributed by atoms with Crippen LogP contribution in [0.25, 0.3) is 0 Å². The second-order valence-corrected chi connectivity index (χ2v) is 4.73. The van der Waals surface area contributed by atoms with Crippen molar-refractivity contribution in [2.24, 2.45) is 17.4 Å². The molecule has 0 radical (unpaired) electrons. The van der Waals surface area contributed by atoms with Crippen molar-refractivity contribution in [3.63, 3.8) is 0 Å². The Kier molecular flexibility index (Phi) is 5.05. The average molecular weight is 213 g/mol. The summed E-state index contributed by atoms with van der Waals surface area (Å²) in [4.78, 5) is 10.7. The molecular formula is C11H23N3O. The topological polar surface area (TPSA) is 81.1 Å². The molecule has 0 heterocycles. The second kappa shape index (κ2) is 6.08. The molecule has 0 bridgehead atoms. The van der Waals surface area contributed by atoms with Crippen LogP contribution in [-0.2, 0) is 4.79 Å². The highest BCUT2D eigenvalue weighted by Gasteiger charge is 2.17. The minimum Gasteiger partial charge on any atom is -0.368 e. The van der Waals surface area contributed by atoms with Crippen LogP contribution in [0.4, 0.5) is 0 Å². The molecule has 0 aliphatic heterocycles. The summed E-state index contributed by atoms with van der Waals surface area (Å²) in [5.74, 6) is 0.408. The van der Waals surface area contributed by atoms with Gasteiger partial charge < -0.3 is 16.8 Å². The minimum absolute atomic E-state index is 0.426. The third-order valence-electron chi connectivity index (χ3n) is 3.25. The molecule has 1 aliphatic carbocycles. The molecule has 4 heteroatoms. The zero-order valence-electron chi connectivity index (χ0n) is 9.54. The maximum absolute atomic E-state index is 10.7. The summed E-state index contributed by atoms with van der Waals surface area (Å²) in [5, 5.41) is 3.34. The van der Waals surface area contributed by atoms with Crippen molar-refractivity contribution in [2.45, 2.75) is 51.1 Å². The highest BCUT2D eigenvalue weighted by Crippen LogP contribution is 2.22. The first kappa shape index (κ1) is 12.5. The first-order valence-electron chi connectivity index (χ1n) is 5.88. The predicted molar refractivity (Wildman–Crippen MR) is 61.2 cm³/mol. The zero-order valence-corrected chi connectivity index (χ0v) is 9.54. The van der Waals surface area contributed by atoms with E-state index in [0.29, 0.717) is 12.6 Å². The van der Waals surface area contributed by atoms with Crippen molar-refractivity contribution in [1.82, 2.24) is 5.32 Å². The van der Waals surface area contributed by atoms with Crippen molar-refractivity contribution >= 4 is 5.91 Å². The first-order chi connectivity index (χ1) is 7.09. The quantitative estimate of drug-likeness (QED) is 0.590. The predicted octanol–water partition coefficient (Wildman–Crippen LogP) is 0.357. The van der Waals surface area contributed by atoms with Gasteiger partial charge in [-0.1, -0.05) is 19.8 Å². The fourth-order valence-corrected chi connectivity index (χ4v) is 2.09. The Morgan fingerprint density at radius 3 is 2.80 bits per heavy atom. The molecule has 15 heavy (non-hydrogen) atoms. The lowest BCUT2D eigenvalue weighted by atomic mass is 10.0. The zero-order chi connectivity index (χ0) is 11.3. The van der Waals surface area contributed by atoms with Gasteiger partial charge in [-0.3, -0.25) is 4.79 Å². The Hall–Kier alpha value is -0.610. The maximum atomic E-state index is 10.7. The van der Waals surface area contributed by atoms with E-state index in [-0.39, 0.29) is 0 Å². The number of hydrogen-bond donors (Lipinski definition) is 3. The molecule has 0 saturated heterocycles. The van der Waals surface area contributed by atoms with E-state index < -0.39 is 11.9 Å². The van der Waals surface area contributed by atoms with Crippen LogP contribution in [0.5, 0.6) is 0 Å². The van der Waals surface area contributed by atoms with Gasteiger partial charge in [0.1, 0.15) is 0 Å². The minimum atomic E-state index is -0.550. The number of primary amides is 1. The number of hydrogen-bond acceptors (Lipinski definition) is 3. The molecule has 1 saturated carbocycles. The van der Waals surface area contributed by atoms with Gasteiger partial charge >= 0.3 is 0 Å². The molecule has 0 aromatic rings. The summed E-state index contributed by atoms with van der Waals surface area (Å²) >= 11 is 0. The van der Waals surface area contributed by atoms with Crippen molar-refractivity contribution in [1.29, 1.82) is 0 Å². The molecule has 0 aromatic heterocycles. The molecule has 4 nitrogen and oxygen atoms in total. The summed E-state index contributed by atoms with van der Waals surface area (Å²) < 4.78 is 0. The maximum Gasteiger partial charge on any atom is 0.235 e. The molecular weight excluding hydrogens is 190 g/mol. The molecule has 3 atom stereocenters. The van der Waals surface area contributed by atoms with Gasteiger partial charge in [0, 0.05) is 12.6 Å². The SMILES string of the molecule is CC1CCCC(NCC(N)C(N)=O)CC1. The number of amides is 1. The van der Waals surface area contributed by atoms with E-state index in [1.807, 2.05) is 0 Å². The molecule has 5 N–H and O–H groups in total. The molecule has 1 rings (SSSR count). The van der Waals surface area contributed by atoms with Crippen LogP contribution in [0.3, 0.4) is 0 Å². The smallest absolute Gasteiger partial charge is 0.235 e. The Labute approximate surface area is 91.8 Å². The molecule has 3 unspecified atom stereocenters. The highest BCUT2D eigenvalue weighted by atomic mass is 16.1. The number of nitrogens with two attached hydrogens (primary N) is 2. The summed E-state index contributed by atoms with van der Waals surface area (Å²) in [7, 11) is 0. The number of carbonyl (C=O) groups is 1. The summed E-state index contributed by atoms with van der Waals surface area (Å²) in [6, 6.07) is -0.0361. The van der Waals surface area contributed by atoms with Crippen molar-refractivity contribution < 1.29 is 4.79 Å². The van der Waals surface area contributed by atoms with Crippen LogP contribution in [0.2, 0.25) is 0 Å². The third-order valence-corrected chi connectivity index (χ3v) is 3.25. The summed E-state index contributed by atoms with van der Waals surface area (Å²) in [5.41, 5.74) is 10.7. The Balaban J connectivity index is 2.23. The van der Waals surface area contributed by atoms with E-state index in [2.05, 4.69) is 12.2 Å². The fraction of sp³-hybridized carbons (Fsp3) is 0.909. The van der Waals surface area contributed by atoms with Gasteiger partial charge in [-0.2, -0.15) is 0 Å². The van der Waals surface area contributed by atoms with E-state index in [1.54, 1.807) is 0 Å². The molecule has 0 aromatic carbocycles. The number of carbonyl (C=O) groups excluding carboxylic acids is 1. The Bertz CT molecular complexity index is 208. The van der Waals surface area contributed by atoms with E-state index in [0.717, 1.165) is 5.92 Å². The van der Waals surface area contributed by atoms with Crippen LogP contribution in [0.15, 0.2) is 0 Å². The Morgan fingerprint density at radius 1 is 1.40 bits per heavy atom. The molecule has 88 valence electrons. The standard InChI is InChI=1S/C11H23N3O/c1-8-3-2-4-9(6-5-8)14-7-10(12)11(13)15/h8-10,14H,2-7,12H2,1H3,(H2,13,15). The normalized spacial score (nSPS) is 29.5. The first-order valence-corrected chi connectivity index (χ1v) is 5.88. The van der Waals surface area contributed by atoms with Gasteiger partial charge in [0.25, 0.3) is 0 Å². The second-order valence-electron chi connectivity index (χ2n) is 4.73. The van der Waals surface area contributed by atoms with Gasteiger partial charge in [-0.05, 0) is 25.2 Å². The third kappa shape index (κ3) is 4.62. The molecule has 1 fully saturated rings. The lowest BCUT2D eigenvalue weighted by molar-refractivity contribution is -0.119. The van der Waals surface area contributed by atoms with Gasteiger partial charge in [-0.25, -0.2) is 0 Å². The van der Waals surface area contributed by atoms with Crippen LogP contribution in [0.1, 0.15) is 39.0 Å². The van der Waals surface area contributed by atoms with E-state index >= 15 is 0 Å².